The molecule has 2 fully saturated rings. The molecule has 2 aromatic carbocycles. The van der Waals surface area contributed by atoms with E-state index in [0.29, 0.717) is 6.61 Å². The predicted molar refractivity (Wildman–Crippen MR) is 136 cm³/mol. The molecule has 1 saturated carbocycles. The first-order valence-electron chi connectivity index (χ1n) is 12.8. The van der Waals surface area contributed by atoms with Gasteiger partial charge >= 0.3 is 0 Å². The smallest absolute Gasteiger partial charge is 0.235 e. The van der Waals surface area contributed by atoms with Crippen molar-refractivity contribution in [3.8, 4) is 5.75 Å². The standard InChI is InChI=1S/C29H40N2O2/c1-22-7-9-25(10-8-22)29(15-5-4-6-16-29)28(32)30-26-11-13-27(14-12-26)33-18-17-31-20-23(2)19-24(3)21-31/h7-14,23-24H,4-6,15-21H2,1-3H3,(H,30,32)/t23-,24-/m1/s1. The molecular weight excluding hydrogens is 408 g/mol. The van der Waals surface area contributed by atoms with E-state index >= 15 is 0 Å². The normalized spacial score (nSPS) is 23.1. The highest BCUT2D eigenvalue weighted by atomic mass is 16.5. The molecule has 2 aromatic rings. The molecule has 1 amide bonds. The highest BCUT2D eigenvalue weighted by Gasteiger charge is 2.41. The highest BCUT2D eigenvalue weighted by molar-refractivity contribution is 5.99. The van der Waals surface area contributed by atoms with Crippen molar-refractivity contribution in [2.75, 3.05) is 31.6 Å². The topological polar surface area (TPSA) is 41.6 Å². The van der Waals surface area contributed by atoms with E-state index in [0.717, 1.165) is 61.1 Å². The number of anilines is 1. The maximum atomic E-state index is 13.5. The third kappa shape index (κ3) is 5.97. The molecule has 1 N–H and O–H groups in total. The molecule has 178 valence electrons. The largest absolute Gasteiger partial charge is 0.492 e. The van der Waals surface area contributed by atoms with Crippen molar-refractivity contribution < 1.29 is 9.53 Å². The minimum absolute atomic E-state index is 0.119. The molecule has 1 saturated heterocycles. The first kappa shape index (κ1) is 23.8. The number of carbonyl (C=O) groups is 1. The Morgan fingerprint density at radius 3 is 2.24 bits per heavy atom. The lowest BCUT2D eigenvalue weighted by Gasteiger charge is -2.36. The molecule has 4 heteroatoms. The van der Waals surface area contributed by atoms with Crippen molar-refractivity contribution >= 4 is 11.6 Å². The van der Waals surface area contributed by atoms with Crippen LogP contribution in [0.25, 0.3) is 0 Å². The quantitative estimate of drug-likeness (QED) is 0.549. The zero-order valence-electron chi connectivity index (χ0n) is 20.6. The van der Waals surface area contributed by atoms with Crippen LogP contribution in [0.2, 0.25) is 0 Å². The third-order valence-corrected chi connectivity index (χ3v) is 7.48. The number of nitrogens with one attached hydrogen (secondary N) is 1. The summed E-state index contributed by atoms with van der Waals surface area (Å²) in [5, 5.41) is 3.21. The fourth-order valence-electron chi connectivity index (χ4n) is 5.83. The van der Waals surface area contributed by atoms with Crippen molar-refractivity contribution in [1.29, 1.82) is 0 Å². The van der Waals surface area contributed by atoms with Crippen molar-refractivity contribution in [2.24, 2.45) is 11.8 Å². The van der Waals surface area contributed by atoms with Gasteiger partial charge in [0.25, 0.3) is 0 Å². The van der Waals surface area contributed by atoms with E-state index in [-0.39, 0.29) is 5.91 Å². The number of ether oxygens (including phenoxy) is 1. The first-order valence-corrected chi connectivity index (χ1v) is 12.8. The summed E-state index contributed by atoms with van der Waals surface area (Å²) < 4.78 is 6.00. The molecule has 0 unspecified atom stereocenters. The van der Waals surface area contributed by atoms with Gasteiger partial charge in [-0.05, 0) is 67.9 Å². The van der Waals surface area contributed by atoms with Crippen LogP contribution in [0.1, 0.15) is 63.5 Å². The average Bonchev–Trinajstić information content (AvgIpc) is 2.80. The molecule has 4 nitrogen and oxygen atoms in total. The van der Waals surface area contributed by atoms with Crippen molar-refractivity contribution in [3.05, 3.63) is 59.7 Å². The van der Waals surface area contributed by atoms with Gasteiger partial charge in [0.15, 0.2) is 0 Å². The number of hydrogen-bond donors (Lipinski definition) is 1. The number of piperidine rings is 1. The number of benzene rings is 2. The predicted octanol–water partition coefficient (Wildman–Crippen LogP) is 6.19. The van der Waals surface area contributed by atoms with E-state index < -0.39 is 5.41 Å². The van der Waals surface area contributed by atoms with Gasteiger partial charge in [-0.15, -0.1) is 0 Å². The van der Waals surface area contributed by atoms with Gasteiger partial charge in [-0.3, -0.25) is 9.69 Å². The summed E-state index contributed by atoms with van der Waals surface area (Å²) >= 11 is 0. The summed E-state index contributed by atoms with van der Waals surface area (Å²) in [6, 6.07) is 16.4. The summed E-state index contributed by atoms with van der Waals surface area (Å²) in [5.74, 6) is 2.51. The van der Waals surface area contributed by atoms with Crippen LogP contribution in [-0.4, -0.2) is 37.0 Å². The van der Waals surface area contributed by atoms with Crippen molar-refractivity contribution in [3.63, 3.8) is 0 Å². The lowest BCUT2D eigenvalue weighted by atomic mass is 9.68. The summed E-state index contributed by atoms with van der Waals surface area (Å²) in [6.45, 7) is 10.8. The van der Waals surface area contributed by atoms with E-state index in [9.17, 15) is 4.79 Å². The molecule has 2 atom stereocenters. The maximum Gasteiger partial charge on any atom is 0.235 e. The fourth-order valence-corrected chi connectivity index (χ4v) is 5.83. The molecule has 0 spiro atoms. The maximum absolute atomic E-state index is 13.5. The van der Waals surface area contributed by atoms with Crippen LogP contribution in [0.3, 0.4) is 0 Å². The minimum atomic E-state index is -0.427. The highest BCUT2D eigenvalue weighted by Crippen LogP contribution is 2.40. The average molecular weight is 449 g/mol. The zero-order valence-corrected chi connectivity index (χ0v) is 20.6. The van der Waals surface area contributed by atoms with Crippen molar-refractivity contribution in [1.82, 2.24) is 4.90 Å². The number of aryl methyl sites for hydroxylation is 1. The molecule has 4 rings (SSSR count). The molecule has 33 heavy (non-hydrogen) atoms. The number of carbonyl (C=O) groups excluding carboxylic acids is 1. The van der Waals surface area contributed by atoms with Crippen LogP contribution >= 0.6 is 0 Å². The Kier molecular flexibility index (Phi) is 7.75. The van der Waals surface area contributed by atoms with Crippen LogP contribution in [0.15, 0.2) is 48.5 Å². The second-order valence-corrected chi connectivity index (χ2v) is 10.5. The lowest BCUT2D eigenvalue weighted by Crippen LogP contribution is -2.42. The van der Waals surface area contributed by atoms with Gasteiger partial charge in [0.05, 0.1) is 5.41 Å². The number of rotatable bonds is 7. The Bertz CT molecular complexity index is 890. The van der Waals surface area contributed by atoms with E-state index in [1.807, 2.05) is 24.3 Å². The van der Waals surface area contributed by atoms with Crippen LogP contribution in [0.4, 0.5) is 5.69 Å². The Balaban J connectivity index is 1.34. The van der Waals surface area contributed by atoms with Crippen LogP contribution < -0.4 is 10.1 Å². The van der Waals surface area contributed by atoms with Gasteiger partial charge in [-0.2, -0.15) is 0 Å². The molecule has 0 radical (unpaired) electrons. The second-order valence-electron chi connectivity index (χ2n) is 10.5. The Hall–Kier alpha value is -2.33. The SMILES string of the molecule is Cc1ccc(C2(C(=O)Nc3ccc(OCCN4C[C@H](C)C[C@@H](C)C4)cc3)CCCCC2)cc1. The summed E-state index contributed by atoms with van der Waals surface area (Å²) in [7, 11) is 0. The zero-order chi connectivity index (χ0) is 23.3. The minimum Gasteiger partial charge on any atom is -0.492 e. The fraction of sp³-hybridized carbons (Fsp3) is 0.552. The van der Waals surface area contributed by atoms with Crippen LogP contribution in [-0.2, 0) is 10.2 Å². The number of likely N-dealkylation sites (tertiary alicyclic amines) is 1. The molecule has 1 heterocycles. The van der Waals surface area contributed by atoms with Gasteiger partial charge in [-0.25, -0.2) is 0 Å². The number of amides is 1. The summed E-state index contributed by atoms with van der Waals surface area (Å²) in [6.07, 6.45) is 6.57. The Labute approximate surface area is 199 Å². The number of nitrogens with zero attached hydrogens (tertiary/aromatic N) is 1. The van der Waals surface area contributed by atoms with E-state index in [1.54, 1.807) is 0 Å². The van der Waals surface area contributed by atoms with Crippen LogP contribution in [0.5, 0.6) is 5.75 Å². The van der Waals surface area contributed by atoms with Gasteiger partial charge in [0.2, 0.25) is 5.91 Å². The molecular formula is C29H40N2O2. The Morgan fingerprint density at radius 1 is 0.970 bits per heavy atom. The lowest BCUT2D eigenvalue weighted by molar-refractivity contribution is -0.122. The van der Waals surface area contributed by atoms with Gasteiger partial charge in [0, 0.05) is 25.3 Å². The Morgan fingerprint density at radius 2 is 1.61 bits per heavy atom. The van der Waals surface area contributed by atoms with Gasteiger partial charge < -0.3 is 10.1 Å². The van der Waals surface area contributed by atoms with E-state index in [1.165, 1.54) is 31.5 Å². The van der Waals surface area contributed by atoms with Crippen LogP contribution in [0, 0.1) is 18.8 Å². The van der Waals surface area contributed by atoms with Gasteiger partial charge in [0.1, 0.15) is 12.4 Å². The van der Waals surface area contributed by atoms with Crippen molar-refractivity contribution in [2.45, 2.75) is 64.7 Å². The first-order chi connectivity index (χ1) is 15.9. The molecule has 1 aliphatic heterocycles. The molecule has 2 aliphatic rings. The third-order valence-electron chi connectivity index (χ3n) is 7.48. The monoisotopic (exact) mass is 448 g/mol. The number of hydrogen-bond acceptors (Lipinski definition) is 3. The second kappa shape index (κ2) is 10.7. The molecule has 1 aliphatic carbocycles. The van der Waals surface area contributed by atoms with E-state index in [2.05, 4.69) is 55.3 Å². The molecule has 0 bridgehead atoms. The summed E-state index contributed by atoms with van der Waals surface area (Å²) in [5.41, 5.74) is 2.78. The molecule has 0 aromatic heterocycles. The van der Waals surface area contributed by atoms with E-state index in [4.69, 9.17) is 4.74 Å². The van der Waals surface area contributed by atoms with Gasteiger partial charge in [-0.1, -0.05) is 62.9 Å². The summed E-state index contributed by atoms with van der Waals surface area (Å²) in [4.78, 5) is 16.0.